The van der Waals surface area contributed by atoms with E-state index in [1.165, 1.54) is 39.9 Å². The van der Waals surface area contributed by atoms with Crippen molar-refractivity contribution < 1.29 is 51.6 Å². The molecule has 0 unspecified atom stereocenters. The zero-order valence-corrected chi connectivity index (χ0v) is 46.5. The standard InChI is InChI=1S/C62H63F4N11O7/c1-31(2)57(61(81)76-27-40(79)21-51(76)60(80)69-50(29-78)36-10-12-37(13-11-36)53-45(63)14-15-46(64)55(53)66)77-28-49(73-74-77)35-6-4-33(5-7-35)30-83-58-54(52-32(3)47(65)23-48-44(52)25-68-72-48)42(34-8-9-34)22-43-56(58)70-62(84-41-16-18-82-19-17-41)71-59(43)75-26-38-20-39(75)24-67-38/h4-7,10-15,22-23,25,28,31,34,38-41,50-51,57,67,78-79H,8-9,16-21,24,26-27,29-30H2,1-3H3,(H,68,72)(H,69,80)/t38-,39-,40+,50-,51-,57-/m0/s1. The van der Waals surface area contributed by atoms with E-state index in [1.807, 2.05) is 38.1 Å². The summed E-state index contributed by atoms with van der Waals surface area (Å²) in [6.45, 7) is 7.65. The Balaban J connectivity index is 0.775. The van der Waals surface area contributed by atoms with E-state index >= 15 is 4.39 Å². The number of hydrogen-bond acceptors (Lipinski definition) is 14. The topological polar surface area (TPSA) is 218 Å². The fourth-order valence-electron chi connectivity index (χ4n) is 12.7. The molecule has 22 heteroatoms. The van der Waals surface area contributed by atoms with Gasteiger partial charge in [0.2, 0.25) is 11.8 Å². The largest absolute Gasteiger partial charge is 0.486 e. The number of fused-ring (bicyclic) bond motifs is 4. The highest BCUT2D eigenvalue weighted by Crippen LogP contribution is 2.54. The second kappa shape index (κ2) is 22.5. The third kappa shape index (κ3) is 10.4. The van der Waals surface area contributed by atoms with E-state index in [9.17, 15) is 33.0 Å². The lowest BCUT2D eigenvalue weighted by Gasteiger charge is -2.31. The molecule has 0 spiro atoms. The summed E-state index contributed by atoms with van der Waals surface area (Å²) in [6, 6.07) is 16.2. The number of benzene rings is 5. The highest BCUT2D eigenvalue weighted by Gasteiger charge is 2.44. The van der Waals surface area contributed by atoms with E-state index < -0.39 is 65.7 Å². The molecule has 0 radical (unpaired) electrons. The Morgan fingerprint density at radius 3 is 2.35 bits per heavy atom. The average molecular weight is 1150 g/mol. The minimum Gasteiger partial charge on any atom is -0.486 e. The van der Waals surface area contributed by atoms with Gasteiger partial charge in [-0.25, -0.2) is 22.2 Å². The maximum absolute atomic E-state index is 16.2. The molecule has 5 aromatic carbocycles. The summed E-state index contributed by atoms with van der Waals surface area (Å²) in [5.41, 5.74) is 5.93. The van der Waals surface area contributed by atoms with Crippen LogP contribution in [0.3, 0.4) is 0 Å². The van der Waals surface area contributed by atoms with Crippen LogP contribution in [-0.2, 0) is 20.9 Å². The van der Waals surface area contributed by atoms with Crippen LogP contribution < -0.4 is 25.0 Å². The number of H-pyrrole nitrogens is 1. The Kier molecular flexibility index (Phi) is 14.8. The quantitative estimate of drug-likeness (QED) is 0.0427. The number of likely N-dealkylation sites (tertiary alicyclic amines) is 1. The molecule has 5 fully saturated rings. The number of halogens is 4. The Hall–Kier alpha value is -8.05. The lowest BCUT2D eigenvalue weighted by atomic mass is 9.88. The smallest absolute Gasteiger partial charge is 0.319 e. The number of nitrogens with zero attached hydrogens (tertiary/aromatic N) is 8. The van der Waals surface area contributed by atoms with Crippen molar-refractivity contribution in [2.24, 2.45) is 5.92 Å². The average Bonchev–Trinajstić information content (AvgIpc) is 2.55. The second-order valence-electron chi connectivity index (χ2n) is 23.2. The molecule has 5 N–H and O–H groups in total. The molecule has 3 aromatic heterocycles. The minimum atomic E-state index is -1.34. The zero-order chi connectivity index (χ0) is 58.1. The van der Waals surface area contributed by atoms with Crippen molar-refractivity contribution in [3.8, 4) is 45.3 Å². The lowest BCUT2D eigenvalue weighted by molar-refractivity contribution is -0.142. The first-order valence-corrected chi connectivity index (χ1v) is 28.7. The summed E-state index contributed by atoms with van der Waals surface area (Å²) >= 11 is 0. The van der Waals surface area contributed by atoms with Gasteiger partial charge in [-0.1, -0.05) is 67.6 Å². The number of hydrogen-bond donors (Lipinski definition) is 5. The van der Waals surface area contributed by atoms with Gasteiger partial charge >= 0.3 is 6.01 Å². The summed E-state index contributed by atoms with van der Waals surface area (Å²) in [5, 5.41) is 45.5. The van der Waals surface area contributed by atoms with Gasteiger partial charge in [-0.3, -0.25) is 14.7 Å². The zero-order valence-electron chi connectivity index (χ0n) is 46.5. The van der Waals surface area contributed by atoms with Crippen molar-refractivity contribution in [1.29, 1.82) is 0 Å². The first-order valence-electron chi connectivity index (χ1n) is 28.7. The van der Waals surface area contributed by atoms with E-state index in [0.29, 0.717) is 82.9 Å². The van der Waals surface area contributed by atoms with Crippen molar-refractivity contribution in [2.45, 2.75) is 114 Å². The predicted octanol–water partition coefficient (Wildman–Crippen LogP) is 8.54. The molecule has 2 amide bonds. The van der Waals surface area contributed by atoms with E-state index in [0.717, 1.165) is 71.7 Å². The Morgan fingerprint density at radius 1 is 0.869 bits per heavy atom. The fourth-order valence-corrected chi connectivity index (χ4v) is 12.7. The first-order chi connectivity index (χ1) is 40.7. The van der Waals surface area contributed by atoms with Crippen molar-refractivity contribution in [1.82, 2.24) is 50.7 Å². The molecule has 8 aromatic rings. The molecule has 2 bridgehead atoms. The van der Waals surface area contributed by atoms with E-state index in [-0.39, 0.29) is 60.9 Å². The molecule has 6 atom stereocenters. The number of aliphatic hydroxyl groups excluding tert-OH is 2. The molecule has 4 aliphatic heterocycles. The van der Waals surface area contributed by atoms with Crippen LogP contribution in [0.25, 0.3) is 55.3 Å². The Labute approximate surface area is 480 Å². The van der Waals surface area contributed by atoms with Gasteiger partial charge in [0.1, 0.15) is 53.5 Å². The number of nitrogens with one attached hydrogen (secondary N) is 3. The molecule has 4 saturated heterocycles. The molecule has 18 nitrogen and oxygen atoms in total. The number of ether oxygens (including phenoxy) is 3. The maximum Gasteiger partial charge on any atom is 0.319 e. The van der Waals surface area contributed by atoms with Crippen molar-refractivity contribution in [2.75, 3.05) is 44.4 Å². The Bertz CT molecular complexity index is 3820. The van der Waals surface area contributed by atoms with E-state index in [1.54, 1.807) is 19.3 Å². The van der Waals surface area contributed by atoms with Crippen LogP contribution in [0.1, 0.15) is 92.6 Å². The molecule has 5 aliphatic rings. The van der Waals surface area contributed by atoms with Gasteiger partial charge in [0.15, 0.2) is 17.4 Å². The van der Waals surface area contributed by atoms with Crippen LogP contribution in [0, 0.1) is 36.1 Å². The third-order valence-electron chi connectivity index (χ3n) is 17.2. The van der Waals surface area contributed by atoms with Crippen LogP contribution in [0.15, 0.2) is 85.2 Å². The molecule has 13 rings (SSSR count). The number of aliphatic hydroxyl groups is 2. The number of rotatable bonds is 17. The summed E-state index contributed by atoms with van der Waals surface area (Å²) < 4.78 is 80.2. The third-order valence-corrected chi connectivity index (χ3v) is 17.2. The number of piperazine rings is 1. The molecule has 1 saturated carbocycles. The van der Waals surface area contributed by atoms with Crippen molar-refractivity contribution in [3.63, 3.8) is 0 Å². The SMILES string of the molecule is Cc1c(F)cc2[nH]ncc2c1-c1c(C2CC2)cc2c(N3C[C@@H]4C[C@H]3CN4)nc(OC3CCOCC3)nc2c1OCc1ccc(-c2cn([C@H](C(=O)N3C[C@H](O)C[C@H]3C(=O)N[C@@H](CO)c3ccc(-c4c(F)ccc(F)c4F)cc3)C(C)C)nn2)cc1. The van der Waals surface area contributed by atoms with Gasteiger partial charge in [-0.15, -0.1) is 5.10 Å². The van der Waals surface area contributed by atoms with E-state index in [2.05, 4.69) is 42.1 Å². The van der Waals surface area contributed by atoms with Crippen LogP contribution in [0.5, 0.6) is 11.8 Å². The number of aromatic nitrogens is 7. The van der Waals surface area contributed by atoms with Crippen molar-refractivity contribution >= 4 is 39.4 Å². The van der Waals surface area contributed by atoms with Gasteiger partial charge in [0.05, 0.1) is 55.4 Å². The van der Waals surface area contributed by atoms with Gasteiger partial charge in [-0.2, -0.15) is 15.1 Å². The van der Waals surface area contributed by atoms with Crippen LogP contribution in [-0.4, -0.2) is 132 Å². The van der Waals surface area contributed by atoms with Gasteiger partial charge < -0.3 is 44.9 Å². The second-order valence-corrected chi connectivity index (χ2v) is 23.2. The molecule has 1 aliphatic carbocycles. The van der Waals surface area contributed by atoms with Crippen LogP contribution in [0.2, 0.25) is 0 Å². The predicted molar refractivity (Wildman–Crippen MR) is 303 cm³/mol. The summed E-state index contributed by atoms with van der Waals surface area (Å²) in [5.74, 6) is -3.86. The Morgan fingerprint density at radius 2 is 1.63 bits per heavy atom. The first kappa shape index (κ1) is 55.2. The van der Waals surface area contributed by atoms with Gasteiger partial charge in [-0.05, 0) is 90.1 Å². The monoisotopic (exact) mass is 1150 g/mol. The number of β-amino-alcohol motifs (C(OH)–C–C–N with tert-alkyl or cyclic N) is 1. The number of carbonyl (C=O) groups excluding carboxylic acids is 2. The van der Waals surface area contributed by atoms with Crippen LogP contribution >= 0.6 is 0 Å². The van der Waals surface area contributed by atoms with Gasteiger partial charge in [0, 0.05) is 78.4 Å². The highest BCUT2D eigenvalue weighted by molar-refractivity contribution is 6.06. The molecular formula is C62H63F4N11O7. The summed E-state index contributed by atoms with van der Waals surface area (Å²) in [4.78, 5) is 42.7. The number of anilines is 1. The molecule has 436 valence electrons. The number of aromatic amines is 1. The minimum absolute atomic E-state index is 0.0492. The normalized spacial score (nSPS) is 20.6. The van der Waals surface area contributed by atoms with Crippen molar-refractivity contribution in [3.05, 3.63) is 131 Å². The van der Waals surface area contributed by atoms with E-state index in [4.69, 9.17) is 24.2 Å². The summed E-state index contributed by atoms with van der Waals surface area (Å²) in [7, 11) is 0. The molecular weight excluding hydrogens is 1090 g/mol. The summed E-state index contributed by atoms with van der Waals surface area (Å²) in [6.07, 6.45) is 6.48. The maximum atomic E-state index is 16.2. The number of amides is 2. The van der Waals surface area contributed by atoms with Crippen LogP contribution in [0.4, 0.5) is 23.4 Å². The van der Waals surface area contributed by atoms with Gasteiger partial charge in [0.25, 0.3) is 0 Å². The lowest BCUT2D eigenvalue weighted by Crippen LogP contribution is -2.50. The molecule has 7 heterocycles. The molecule has 84 heavy (non-hydrogen) atoms. The highest BCUT2D eigenvalue weighted by atomic mass is 19.2. The fraction of sp³-hybridized carbons (Fsp3) is 0.403. The number of carbonyl (C=O) groups is 2.